The topological polar surface area (TPSA) is 85.1 Å². The molecule has 0 aliphatic carbocycles. The predicted octanol–water partition coefficient (Wildman–Crippen LogP) is 3.50. The standard InChI is InChI=1S/C38H42N4O4/c1-40(2)15-7-14-39-37(43)25-12-13-26(38(44)45)29(22-25)32-30-20-23-8-3-16-41-18-5-10-27(33(23)41)35(30)46-36-28-11-6-19-42-17-4-9-24(34(28)42)21-31(32)36/h12-13,20-22H,3-11,14-19H2,1-2H3,(H-,39,43,44,45)/p+1. The number of aryl methyl sites for hydroxylation is 2. The Morgan fingerprint density at radius 3 is 2.48 bits per heavy atom. The van der Waals surface area contributed by atoms with Crippen LogP contribution in [0.25, 0.3) is 5.57 Å². The Labute approximate surface area is 270 Å². The summed E-state index contributed by atoms with van der Waals surface area (Å²) in [5.74, 6) is 0.585. The lowest BCUT2D eigenvalue weighted by molar-refractivity contribution is 0.0696. The highest BCUT2D eigenvalue weighted by Crippen LogP contribution is 2.48. The largest absolute Gasteiger partial charge is 0.478 e. The van der Waals surface area contributed by atoms with Crippen molar-refractivity contribution in [1.82, 2.24) is 14.8 Å². The fourth-order valence-electron chi connectivity index (χ4n) is 8.58. The summed E-state index contributed by atoms with van der Waals surface area (Å²) < 4.78 is 9.65. The van der Waals surface area contributed by atoms with Gasteiger partial charge in [-0.1, -0.05) is 0 Å². The molecule has 0 saturated heterocycles. The third-order valence-corrected chi connectivity index (χ3v) is 10.5. The van der Waals surface area contributed by atoms with E-state index < -0.39 is 5.97 Å². The second-order valence-electron chi connectivity index (χ2n) is 13.8. The lowest BCUT2D eigenvalue weighted by Crippen LogP contribution is -2.45. The van der Waals surface area contributed by atoms with E-state index >= 15 is 0 Å². The number of aromatic carboxylic acids is 1. The fourth-order valence-corrected chi connectivity index (χ4v) is 8.58. The summed E-state index contributed by atoms with van der Waals surface area (Å²) in [7, 11) is 4.04. The van der Waals surface area contributed by atoms with E-state index in [1.54, 1.807) is 12.1 Å². The van der Waals surface area contributed by atoms with E-state index in [2.05, 4.69) is 31.8 Å². The number of ether oxygens (including phenoxy) is 1. The van der Waals surface area contributed by atoms with Gasteiger partial charge in [-0.15, -0.1) is 0 Å². The van der Waals surface area contributed by atoms with Crippen LogP contribution in [0.2, 0.25) is 0 Å². The minimum Gasteiger partial charge on any atom is -0.478 e. The van der Waals surface area contributed by atoms with Crippen LogP contribution in [0.3, 0.4) is 0 Å². The van der Waals surface area contributed by atoms with Gasteiger partial charge in [0.15, 0.2) is 0 Å². The van der Waals surface area contributed by atoms with Gasteiger partial charge in [-0.3, -0.25) is 4.79 Å². The van der Waals surface area contributed by atoms with Gasteiger partial charge in [0.2, 0.25) is 5.36 Å². The average molecular weight is 620 g/mol. The number of hydrogen-bond acceptors (Lipinski definition) is 5. The van der Waals surface area contributed by atoms with Crippen LogP contribution in [0.15, 0.2) is 30.3 Å². The van der Waals surface area contributed by atoms with Gasteiger partial charge >= 0.3 is 5.97 Å². The lowest BCUT2D eigenvalue weighted by atomic mass is 9.81. The first-order valence-electron chi connectivity index (χ1n) is 17.1. The first kappa shape index (κ1) is 29.2. The normalized spacial score (nSPS) is 17.5. The smallest absolute Gasteiger partial charge is 0.336 e. The molecule has 8 nitrogen and oxygen atoms in total. The van der Waals surface area contributed by atoms with Gasteiger partial charge in [0, 0.05) is 71.2 Å². The van der Waals surface area contributed by atoms with E-state index in [1.165, 1.54) is 33.3 Å². The maximum Gasteiger partial charge on any atom is 0.336 e. The van der Waals surface area contributed by atoms with Crippen molar-refractivity contribution in [3.63, 3.8) is 0 Å². The number of fused-ring (bicyclic) bond motifs is 4. The molecular formula is C38H43N4O4+. The number of hydrogen-bond donors (Lipinski definition) is 2. The number of benzene rings is 3. The van der Waals surface area contributed by atoms with Crippen molar-refractivity contribution in [2.75, 3.05) is 58.3 Å². The van der Waals surface area contributed by atoms with E-state index in [0.717, 1.165) is 118 Å². The van der Waals surface area contributed by atoms with Crippen LogP contribution >= 0.6 is 0 Å². The number of nitrogens with zero attached hydrogens (tertiary/aromatic N) is 3. The molecule has 238 valence electrons. The van der Waals surface area contributed by atoms with Gasteiger partial charge in [-0.2, -0.15) is 0 Å². The lowest BCUT2D eigenvalue weighted by Gasteiger charge is -2.39. The number of carboxylic acids is 1. The first-order valence-corrected chi connectivity index (χ1v) is 17.1. The highest BCUT2D eigenvalue weighted by molar-refractivity contribution is 6.02. The molecule has 0 unspecified atom stereocenters. The monoisotopic (exact) mass is 619 g/mol. The molecule has 0 bridgehead atoms. The number of carboxylic acid groups (broad SMARTS) is 1. The first-order chi connectivity index (χ1) is 22.4. The third-order valence-electron chi connectivity index (χ3n) is 10.5. The Bertz CT molecular complexity index is 1920. The molecule has 0 saturated carbocycles. The van der Waals surface area contributed by atoms with Crippen LogP contribution in [-0.2, 0) is 25.7 Å². The summed E-state index contributed by atoms with van der Waals surface area (Å²) in [6, 6.07) is 9.64. The minimum atomic E-state index is -0.994. The zero-order valence-corrected chi connectivity index (χ0v) is 27.0. The van der Waals surface area contributed by atoms with Crippen molar-refractivity contribution in [2.45, 2.75) is 57.8 Å². The van der Waals surface area contributed by atoms with Crippen LogP contribution in [0.4, 0.5) is 5.69 Å². The second kappa shape index (κ2) is 11.6. The highest BCUT2D eigenvalue weighted by atomic mass is 16.5. The molecule has 5 heterocycles. The summed E-state index contributed by atoms with van der Waals surface area (Å²) >= 11 is 0. The van der Waals surface area contributed by atoms with Crippen LogP contribution in [-0.4, -0.2) is 75.2 Å². The van der Waals surface area contributed by atoms with Gasteiger partial charge in [0.1, 0.15) is 24.6 Å². The maximum atomic E-state index is 13.5. The summed E-state index contributed by atoms with van der Waals surface area (Å²) in [6.45, 7) is 5.69. The summed E-state index contributed by atoms with van der Waals surface area (Å²) in [5.41, 5.74) is 9.61. The van der Waals surface area contributed by atoms with Crippen molar-refractivity contribution in [3.8, 4) is 11.5 Å². The van der Waals surface area contributed by atoms with Crippen LogP contribution < -0.4 is 30.1 Å². The van der Waals surface area contributed by atoms with Crippen molar-refractivity contribution < 1.29 is 19.4 Å². The van der Waals surface area contributed by atoms with E-state index in [0.29, 0.717) is 17.7 Å². The molecule has 5 aliphatic rings. The molecule has 3 aromatic rings. The Kier molecular flexibility index (Phi) is 7.35. The molecule has 1 amide bonds. The number of rotatable bonds is 7. The molecule has 3 aromatic carbocycles. The van der Waals surface area contributed by atoms with E-state index in [1.807, 2.05) is 20.2 Å². The second-order valence-corrected chi connectivity index (χ2v) is 13.8. The molecule has 0 aromatic heterocycles. The van der Waals surface area contributed by atoms with Crippen LogP contribution in [0, 0.1) is 0 Å². The average Bonchev–Trinajstić information content (AvgIpc) is 3.06. The molecule has 8 heteroatoms. The fraction of sp³-hybridized carbons (Fsp3) is 0.447. The number of carbonyl (C=O) groups excluding carboxylic acids is 1. The summed E-state index contributed by atoms with van der Waals surface area (Å²) in [4.78, 5) is 31.0. The van der Waals surface area contributed by atoms with E-state index in [4.69, 9.17) is 4.74 Å². The molecular weight excluding hydrogens is 576 g/mol. The van der Waals surface area contributed by atoms with Gasteiger partial charge in [-0.25, -0.2) is 9.37 Å². The molecule has 0 spiro atoms. The number of amides is 1. The quantitative estimate of drug-likeness (QED) is 0.244. The number of carbonyl (C=O) groups is 2. The number of anilines is 1. The van der Waals surface area contributed by atoms with Crippen molar-refractivity contribution >= 4 is 23.1 Å². The van der Waals surface area contributed by atoms with Gasteiger partial charge in [0.25, 0.3) is 5.91 Å². The van der Waals surface area contributed by atoms with Crippen molar-refractivity contribution in [3.05, 3.63) is 85.4 Å². The zero-order valence-electron chi connectivity index (χ0n) is 27.0. The SMILES string of the molecule is CN(C)CCCNC(=O)c1ccc(C(=O)O)c(C2=c3cc4c5c(c3Oc3c2cc2c6c3CCCN6CCC2)CCC[N+]=5CCC4)c1. The molecule has 2 N–H and O–H groups in total. The zero-order chi connectivity index (χ0) is 31.5. The predicted molar refractivity (Wildman–Crippen MR) is 179 cm³/mol. The molecule has 8 rings (SSSR count). The maximum absolute atomic E-state index is 13.5. The van der Waals surface area contributed by atoms with Crippen LogP contribution in [0.1, 0.15) is 86.2 Å². The number of nitrogens with one attached hydrogen (secondary N) is 1. The summed E-state index contributed by atoms with van der Waals surface area (Å²) in [5, 5.41) is 15.9. The van der Waals surface area contributed by atoms with Crippen molar-refractivity contribution in [1.29, 1.82) is 0 Å². The third kappa shape index (κ3) is 4.80. The van der Waals surface area contributed by atoms with E-state index in [-0.39, 0.29) is 11.5 Å². The van der Waals surface area contributed by atoms with Crippen molar-refractivity contribution in [2.24, 2.45) is 0 Å². The Morgan fingerprint density at radius 1 is 0.913 bits per heavy atom. The molecule has 0 atom stereocenters. The summed E-state index contributed by atoms with van der Waals surface area (Å²) in [6.07, 6.45) is 9.08. The molecule has 0 fully saturated rings. The molecule has 0 radical (unpaired) electrons. The minimum absolute atomic E-state index is 0.183. The molecule has 46 heavy (non-hydrogen) atoms. The van der Waals surface area contributed by atoms with Gasteiger partial charge in [0.05, 0.1) is 11.1 Å². The molecule has 5 aliphatic heterocycles. The highest BCUT2D eigenvalue weighted by Gasteiger charge is 2.36. The van der Waals surface area contributed by atoms with Gasteiger partial charge < -0.3 is 25.0 Å². The Hall–Kier alpha value is -4.17. The van der Waals surface area contributed by atoms with E-state index in [9.17, 15) is 14.7 Å². The Balaban J connectivity index is 1.40. The Morgan fingerprint density at radius 2 is 1.67 bits per heavy atom. The van der Waals surface area contributed by atoms with Gasteiger partial charge in [-0.05, 0) is 107 Å². The van der Waals surface area contributed by atoms with Crippen LogP contribution in [0.5, 0.6) is 11.5 Å².